The molecule has 6 nitrogen and oxygen atoms in total. The molecule has 1 saturated heterocycles. The summed E-state index contributed by atoms with van der Waals surface area (Å²) >= 11 is 4.56. The number of aryl methyl sites for hydroxylation is 1. The Morgan fingerprint density at radius 2 is 1.87 bits per heavy atom. The highest BCUT2D eigenvalue weighted by Gasteiger charge is 2.28. The highest BCUT2D eigenvalue weighted by molar-refractivity contribution is 9.11. The molecule has 2 aromatic heterocycles. The van der Waals surface area contributed by atoms with Crippen LogP contribution in [0.2, 0.25) is 0 Å². The fraction of sp³-hybridized carbons (Fsp3) is 0.429. The number of sulfonamides is 1. The van der Waals surface area contributed by atoms with Crippen molar-refractivity contribution in [3.8, 4) is 0 Å². The first-order valence-corrected chi connectivity index (χ1v) is 10.3. The number of aromatic nitrogens is 2. The van der Waals surface area contributed by atoms with E-state index in [0.29, 0.717) is 29.8 Å². The van der Waals surface area contributed by atoms with Crippen molar-refractivity contribution < 1.29 is 8.42 Å². The van der Waals surface area contributed by atoms with Gasteiger partial charge in [0, 0.05) is 38.6 Å². The van der Waals surface area contributed by atoms with E-state index in [1.165, 1.54) is 11.3 Å². The minimum Gasteiger partial charge on any atom is -0.339 e. The van der Waals surface area contributed by atoms with E-state index in [2.05, 4.69) is 25.9 Å². The lowest BCUT2D eigenvalue weighted by Crippen LogP contribution is -2.35. The highest BCUT2D eigenvalue weighted by atomic mass is 79.9. The normalized spacial score (nSPS) is 17.2. The van der Waals surface area contributed by atoms with Crippen LogP contribution in [0.4, 0.5) is 5.95 Å². The van der Waals surface area contributed by atoms with Gasteiger partial charge in [0.2, 0.25) is 5.95 Å². The summed E-state index contributed by atoms with van der Waals surface area (Å²) in [6.07, 6.45) is 4.32. The maximum atomic E-state index is 12.7. The fourth-order valence-corrected chi connectivity index (χ4v) is 6.08. The predicted molar refractivity (Wildman–Crippen MR) is 94.4 cm³/mol. The molecule has 9 heteroatoms. The average molecular weight is 417 g/mol. The number of rotatable bonds is 3. The maximum Gasteiger partial charge on any atom is 0.252 e. The van der Waals surface area contributed by atoms with Gasteiger partial charge in [0.05, 0.1) is 3.79 Å². The van der Waals surface area contributed by atoms with Crippen molar-refractivity contribution in [2.75, 3.05) is 31.1 Å². The van der Waals surface area contributed by atoms with E-state index in [4.69, 9.17) is 0 Å². The molecule has 1 aliphatic rings. The summed E-state index contributed by atoms with van der Waals surface area (Å²) in [6, 6.07) is 3.41. The largest absolute Gasteiger partial charge is 0.339 e. The summed E-state index contributed by atoms with van der Waals surface area (Å²) in [5.41, 5.74) is 1.01. The SMILES string of the molecule is Cc1cnc(N2CCCN(S(=O)(=O)c3ccc(Br)s3)CC2)nc1. The van der Waals surface area contributed by atoms with Crippen LogP contribution in [0.3, 0.4) is 0 Å². The predicted octanol–water partition coefficient (Wildman–Crippen LogP) is 2.51. The van der Waals surface area contributed by atoms with E-state index in [1.807, 2.05) is 11.8 Å². The van der Waals surface area contributed by atoms with Gasteiger partial charge >= 0.3 is 0 Å². The van der Waals surface area contributed by atoms with Gasteiger partial charge in [0.1, 0.15) is 4.21 Å². The van der Waals surface area contributed by atoms with Crippen LogP contribution in [-0.2, 0) is 10.0 Å². The van der Waals surface area contributed by atoms with Gasteiger partial charge in [-0.25, -0.2) is 18.4 Å². The Morgan fingerprint density at radius 1 is 1.13 bits per heavy atom. The van der Waals surface area contributed by atoms with Gasteiger partial charge in [0.15, 0.2) is 0 Å². The van der Waals surface area contributed by atoms with E-state index >= 15 is 0 Å². The maximum absolute atomic E-state index is 12.7. The molecular formula is C14H17BrN4O2S2. The average Bonchev–Trinajstić information content (AvgIpc) is 2.82. The zero-order chi connectivity index (χ0) is 16.4. The standard InChI is InChI=1S/C14H17BrN4O2S2/c1-11-9-16-14(17-10-11)18-5-2-6-19(8-7-18)23(20,21)13-4-3-12(15)22-13/h3-4,9-10H,2,5-8H2,1H3. The molecule has 0 atom stereocenters. The minimum atomic E-state index is -3.42. The molecule has 0 radical (unpaired) electrons. The van der Waals surface area contributed by atoms with Crippen LogP contribution in [0.15, 0.2) is 32.5 Å². The topological polar surface area (TPSA) is 66.4 Å². The van der Waals surface area contributed by atoms with Gasteiger partial charge < -0.3 is 4.90 Å². The van der Waals surface area contributed by atoms with Crippen LogP contribution in [0.5, 0.6) is 0 Å². The highest BCUT2D eigenvalue weighted by Crippen LogP contribution is 2.29. The smallest absolute Gasteiger partial charge is 0.252 e. The molecule has 1 aliphatic heterocycles. The summed E-state index contributed by atoms with van der Waals surface area (Å²) in [6.45, 7) is 4.24. The molecule has 3 rings (SSSR count). The van der Waals surface area contributed by atoms with Crippen molar-refractivity contribution >= 4 is 43.2 Å². The van der Waals surface area contributed by atoms with Crippen molar-refractivity contribution in [3.05, 3.63) is 33.9 Å². The summed E-state index contributed by atoms with van der Waals surface area (Å²) in [4.78, 5) is 10.7. The number of thiophene rings is 1. The van der Waals surface area contributed by atoms with E-state index in [0.717, 1.165) is 22.3 Å². The van der Waals surface area contributed by atoms with Crippen LogP contribution in [0, 0.1) is 6.92 Å². The van der Waals surface area contributed by atoms with Crippen LogP contribution in [0.25, 0.3) is 0 Å². The second kappa shape index (κ2) is 6.84. The zero-order valence-electron chi connectivity index (χ0n) is 12.6. The Hall–Kier alpha value is -1.03. The molecule has 3 heterocycles. The number of hydrogen-bond donors (Lipinski definition) is 0. The van der Waals surface area contributed by atoms with Gasteiger partial charge in [-0.1, -0.05) is 0 Å². The van der Waals surface area contributed by atoms with Gasteiger partial charge in [-0.05, 0) is 47.0 Å². The first kappa shape index (κ1) is 16.8. The molecule has 124 valence electrons. The van der Waals surface area contributed by atoms with Crippen LogP contribution >= 0.6 is 27.3 Å². The third-order valence-electron chi connectivity index (χ3n) is 3.65. The number of nitrogens with zero attached hydrogens (tertiary/aromatic N) is 4. The molecule has 23 heavy (non-hydrogen) atoms. The van der Waals surface area contributed by atoms with Crippen molar-refractivity contribution in [1.82, 2.24) is 14.3 Å². The van der Waals surface area contributed by atoms with Gasteiger partial charge in [-0.15, -0.1) is 11.3 Å². The lowest BCUT2D eigenvalue weighted by Gasteiger charge is -2.21. The van der Waals surface area contributed by atoms with E-state index in [-0.39, 0.29) is 0 Å². The Morgan fingerprint density at radius 3 is 2.52 bits per heavy atom. The first-order valence-electron chi connectivity index (χ1n) is 7.26. The minimum absolute atomic E-state index is 0.379. The summed E-state index contributed by atoms with van der Waals surface area (Å²) in [7, 11) is -3.42. The molecular weight excluding hydrogens is 400 g/mol. The lowest BCUT2D eigenvalue weighted by molar-refractivity contribution is 0.434. The molecule has 0 amide bonds. The summed E-state index contributed by atoms with van der Waals surface area (Å²) < 4.78 is 28.2. The molecule has 0 spiro atoms. The third kappa shape index (κ3) is 3.73. The molecule has 0 unspecified atom stereocenters. The first-order chi connectivity index (χ1) is 11.0. The second-order valence-corrected chi connectivity index (χ2v) is 9.99. The van der Waals surface area contributed by atoms with Gasteiger partial charge in [-0.2, -0.15) is 4.31 Å². The fourth-order valence-electron chi connectivity index (χ4n) is 2.45. The molecule has 0 saturated carbocycles. The van der Waals surface area contributed by atoms with Gasteiger partial charge in [0.25, 0.3) is 10.0 Å². The Labute approximate surface area is 148 Å². The molecule has 0 bridgehead atoms. The van der Waals surface area contributed by atoms with Crippen molar-refractivity contribution in [2.45, 2.75) is 17.6 Å². The van der Waals surface area contributed by atoms with Crippen molar-refractivity contribution in [3.63, 3.8) is 0 Å². The quantitative estimate of drug-likeness (QED) is 0.768. The Kier molecular flexibility index (Phi) is 5.00. The Bertz CT molecular complexity index is 776. The van der Waals surface area contributed by atoms with Crippen LogP contribution in [0.1, 0.15) is 12.0 Å². The van der Waals surface area contributed by atoms with E-state index < -0.39 is 10.0 Å². The van der Waals surface area contributed by atoms with Crippen LogP contribution in [-0.4, -0.2) is 48.9 Å². The molecule has 0 N–H and O–H groups in total. The van der Waals surface area contributed by atoms with E-state index in [1.54, 1.807) is 28.8 Å². The number of hydrogen-bond acceptors (Lipinski definition) is 6. The summed E-state index contributed by atoms with van der Waals surface area (Å²) in [5.74, 6) is 0.661. The summed E-state index contributed by atoms with van der Waals surface area (Å²) in [5, 5.41) is 0. The molecule has 2 aromatic rings. The van der Waals surface area contributed by atoms with Gasteiger partial charge in [-0.3, -0.25) is 0 Å². The second-order valence-electron chi connectivity index (χ2n) is 5.36. The van der Waals surface area contributed by atoms with E-state index in [9.17, 15) is 8.42 Å². The number of anilines is 1. The number of halogens is 1. The molecule has 1 fully saturated rings. The third-order valence-corrected chi connectivity index (χ3v) is 7.64. The van der Waals surface area contributed by atoms with Crippen LogP contribution < -0.4 is 4.90 Å². The zero-order valence-corrected chi connectivity index (χ0v) is 15.9. The van der Waals surface area contributed by atoms with Crippen molar-refractivity contribution in [2.24, 2.45) is 0 Å². The molecule has 0 aliphatic carbocycles. The Balaban J connectivity index is 1.74. The van der Waals surface area contributed by atoms with Crippen molar-refractivity contribution in [1.29, 1.82) is 0 Å². The monoisotopic (exact) mass is 416 g/mol. The molecule has 0 aromatic carbocycles. The lowest BCUT2D eigenvalue weighted by atomic mass is 10.4.